The van der Waals surface area contributed by atoms with Crippen molar-refractivity contribution in [2.75, 3.05) is 19.8 Å². The van der Waals surface area contributed by atoms with Crippen molar-refractivity contribution >= 4 is 13.8 Å². The van der Waals surface area contributed by atoms with E-state index in [1.165, 1.54) is 231 Å². The zero-order valence-corrected chi connectivity index (χ0v) is 48.6. The van der Waals surface area contributed by atoms with Gasteiger partial charge < -0.3 is 39.9 Å². The first-order valence-electron chi connectivity index (χ1n) is 31.2. The maximum Gasteiger partial charge on any atom is 0.472 e. The predicted molar refractivity (Wildman–Crippen MR) is 304 cm³/mol. The van der Waals surface area contributed by atoms with E-state index in [4.69, 9.17) is 18.5 Å². The number of allylic oxidation sites excluding steroid dienone is 4. The van der Waals surface area contributed by atoms with Crippen LogP contribution in [0.25, 0.3) is 0 Å². The first-order chi connectivity index (χ1) is 36.0. The van der Waals surface area contributed by atoms with Crippen molar-refractivity contribution in [3.05, 3.63) is 24.3 Å². The molecule has 0 amide bonds. The fraction of sp³-hybridized carbons (Fsp3) is 0.918. The molecular weight excluding hydrogens is 956 g/mol. The SMILES string of the molecule is CCCCCCCCCC/C=C\CCCCCCCCCCCCCCOCC(COP(=O)(O)OC1C(O)C(O)C(O)C(O)C1O)OC(=O)CCCCCCCCCCCCC/C=C\CCCCCCCCCC. The lowest BCUT2D eigenvalue weighted by Gasteiger charge is -2.41. The summed E-state index contributed by atoms with van der Waals surface area (Å²) in [5, 5.41) is 50.5. The monoisotopic (exact) mass is 1070 g/mol. The van der Waals surface area contributed by atoms with Crippen molar-refractivity contribution < 1.29 is 58.3 Å². The van der Waals surface area contributed by atoms with Crippen molar-refractivity contribution in [3.63, 3.8) is 0 Å². The van der Waals surface area contributed by atoms with Gasteiger partial charge in [-0.2, -0.15) is 0 Å². The van der Waals surface area contributed by atoms with E-state index in [0.29, 0.717) is 13.0 Å². The molecule has 0 radical (unpaired) electrons. The molecule has 6 atom stereocenters. The molecular formula is C61H117O12P. The van der Waals surface area contributed by atoms with Crippen molar-refractivity contribution in [3.8, 4) is 0 Å². The molecule has 0 saturated heterocycles. The Balaban J connectivity index is 2.24. The third-order valence-electron chi connectivity index (χ3n) is 14.8. The standard InChI is InChI=1S/C61H117O12P/c1-3-5-7-9-11-13-15-17-19-21-23-25-27-29-31-33-35-37-39-41-43-45-47-49-51-70-52-54(53-71-74(68,69)73-61-59(66)57(64)56(63)58(65)60(61)67)72-55(62)50-48-46-44-42-40-38-36-34-32-30-28-26-24-22-20-18-16-14-12-10-8-6-4-2/h21-24,54,56-61,63-67H,3-20,25-53H2,1-2H3,(H,68,69)/b23-21-,24-22-. The van der Waals surface area contributed by atoms with Gasteiger partial charge in [-0.05, 0) is 64.2 Å². The van der Waals surface area contributed by atoms with Gasteiger partial charge in [0.15, 0.2) is 0 Å². The van der Waals surface area contributed by atoms with Gasteiger partial charge in [0, 0.05) is 13.0 Å². The second kappa shape index (κ2) is 51.3. The maximum atomic E-state index is 12.9. The highest BCUT2D eigenvalue weighted by atomic mass is 31.2. The molecule has 438 valence electrons. The Morgan fingerprint density at radius 3 is 1.07 bits per heavy atom. The van der Waals surface area contributed by atoms with Gasteiger partial charge in [0.1, 0.15) is 42.7 Å². The first kappa shape index (κ1) is 70.8. The van der Waals surface area contributed by atoms with E-state index in [2.05, 4.69) is 38.2 Å². The largest absolute Gasteiger partial charge is 0.472 e. The number of phosphoric acid groups is 1. The summed E-state index contributed by atoms with van der Waals surface area (Å²) in [7, 11) is -5.03. The molecule has 1 aliphatic carbocycles. The number of carbonyl (C=O) groups is 1. The molecule has 0 bridgehead atoms. The number of phosphoric ester groups is 1. The van der Waals surface area contributed by atoms with Crippen molar-refractivity contribution in [2.45, 2.75) is 339 Å². The minimum atomic E-state index is -5.03. The highest BCUT2D eigenvalue weighted by Gasteiger charge is 2.51. The minimum absolute atomic E-state index is 0.0729. The summed E-state index contributed by atoms with van der Waals surface area (Å²) in [6.45, 7) is 4.33. The van der Waals surface area contributed by atoms with E-state index in [-0.39, 0.29) is 13.0 Å². The number of aliphatic hydroxyl groups is 5. The number of esters is 1. The first-order valence-corrected chi connectivity index (χ1v) is 32.7. The van der Waals surface area contributed by atoms with Crippen LogP contribution in [0.15, 0.2) is 24.3 Å². The molecule has 0 heterocycles. The van der Waals surface area contributed by atoms with Gasteiger partial charge in [-0.1, -0.05) is 250 Å². The van der Waals surface area contributed by atoms with Crippen LogP contribution in [0.2, 0.25) is 0 Å². The Bertz CT molecular complexity index is 1320. The fourth-order valence-electron chi connectivity index (χ4n) is 9.88. The van der Waals surface area contributed by atoms with Gasteiger partial charge in [0.2, 0.25) is 0 Å². The number of hydrogen-bond donors (Lipinski definition) is 6. The summed E-state index contributed by atoms with van der Waals surface area (Å²) in [5.74, 6) is -0.472. The van der Waals surface area contributed by atoms with E-state index in [9.17, 15) is 39.8 Å². The molecule has 6 N–H and O–H groups in total. The maximum absolute atomic E-state index is 12.9. The van der Waals surface area contributed by atoms with Gasteiger partial charge in [-0.3, -0.25) is 13.8 Å². The summed E-state index contributed by atoms with van der Waals surface area (Å²) in [5.41, 5.74) is 0. The number of ether oxygens (including phenoxy) is 2. The molecule has 1 aliphatic rings. The smallest absolute Gasteiger partial charge is 0.457 e. The van der Waals surface area contributed by atoms with Gasteiger partial charge in [0.25, 0.3) is 0 Å². The average Bonchev–Trinajstić information content (AvgIpc) is 3.39. The summed E-state index contributed by atoms with van der Waals surface area (Å²) in [6.07, 6.45) is 51.1. The predicted octanol–water partition coefficient (Wildman–Crippen LogP) is 15.6. The molecule has 74 heavy (non-hydrogen) atoms. The lowest BCUT2D eigenvalue weighted by molar-refractivity contribution is -0.220. The van der Waals surface area contributed by atoms with Crippen LogP contribution in [0.5, 0.6) is 0 Å². The molecule has 1 fully saturated rings. The fourth-order valence-corrected chi connectivity index (χ4v) is 10.9. The normalized spacial score (nSPS) is 20.5. The molecule has 1 rings (SSSR count). The van der Waals surface area contributed by atoms with Gasteiger partial charge in [-0.25, -0.2) is 4.57 Å². The van der Waals surface area contributed by atoms with Crippen LogP contribution in [0.1, 0.15) is 296 Å². The quantitative estimate of drug-likeness (QED) is 0.0146. The molecule has 0 aliphatic heterocycles. The van der Waals surface area contributed by atoms with E-state index in [1.54, 1.807) is 0 Å². The Morgan fingerprint density at radius 2 is 0.716 bits per heavy atom. The minimum Gasteiger partial charge on any atom is -0.457 e. The van der Waals surface area contributed by atoms with Crippen LogP contribution in [0, 0.1) is 0 Å². The Hall–Kier alpha value is -1.18. The number of hydrogen-bond acceptors (Lipinski definition) is 11. The molecule has 12 nitrogen and oxygen atoms in total. The molecule has 0 spiro atoms. The van der Waals surface area contributed by atoms with E-state index >= 15 is 0 Å². The highest BCUT2D eigenvalue weighted by molar-refractivity contribution is 7.47. The van der Waals surface area contributed by atoms with Crippen molar-refractivity contribution in [2.24, 2.45) is 0 Å². The number of unbranched alkanes of at least 4 members (excludes halogenated alkanes) is 39. The molecule has 6 unspecified atom stereocenters. The number of rotatable bonds is 55. The van der Waals surface area contributed by atoms with E-state index < -0.39 is 63.1 Å². The van der Waals surface area contributed by atoms with Gasteiger partial charge in [-0.15, -0.1) is 0 Å². The van der Waals surface area contributed by atoms with Crippen LogP contribution in [0.4, 0.5) is 0 Å². The number of aliphatic hydroxyl groups excluding tert-OH is 5. The van der Waals surface area contributed by atoms with Crippen LogP contribution >= 0.6 is 7.82 Å². The highest BCUT2D eigenvalue weighted by Crippen LogP contribution is 2.47. The molecule has 0 aromatic rings. The van der Waals surface area contributed by atoms with Crippen LogP contribution in [-0.4, -0.2) is 98.9 Å². The van der Waals surface area contributed by atoms with Gasteiger partial charge >= 0.3 is 13.8 Å². The zero-order valence-electron chi connectivity index (χ0n) is 47.7. The second-order valence-electron chi connectivity index (χ2n) is 21.9. The van der Waals surface area contributed by atoms with Crippen LogP contribution < -0.4 is 0 Å². The number of carbonyl (C=O) groups excluding carboxylic acids is 1. The Labute approximate surface area is 453 Å². The lowest BCUT2D eigenvalue weighted by Crippen LogP contribution is -2.64. The third-order valence-corrected chi connectivity index (χ3v) is 15.8. The molecule has 0 aromatic carbocycles. The zero-order chi connectivity index (χ0) is 54.0. The molecule has 1 saturated carbocycles. The second-order valence-corrected chi connectivity index (χ2v) is 23.3. The Kier molecular flexibility index (Phi) is 49.1. The summed E-state index contributed by atoms with van der Waals surface area (Å²) in [4.78, 5) is 23.4. The topological polar surface area (TPSA) is 192 Å². The van der Waals surface area contributed by atoms with Crippen molar-refractivity contribution in [1.82, 2.24) is 0 Å². The summed E-state index contributed by atoms with van der Waals surface area (Å²) in [6, 6.07) is 0. The average molecular weight is 1070 g/mol. The van der Waals surface area contributed by atoms with Crippen LogP contribution in [0.3, 0.4) is 0 Å². The summed E-state index contributed by atoms with van der Waals surface area (Å²) >= 11 is 0. The third kappa shape index (κ3) is 41.9. The molecule has 13 heteroatoms. The van der Waals surface area contributed by atoms with Crippen LogP contribution in [-0.2, 0) is 27.9 Å². The summed E-state index contributed by atoms with van der Waals surface area (Å²) < 4.78 is 34.5. The van der Waals surface area contributed by atoms with Gasteiger partial charge in [0.05, 0.1) is 13.2 Å². The van der Waals surface area contributed by atoms with Crippen molar-refractivity contribution in [1.29, 1.82) is 0 Å². The van der Waals surface area contributed by atoms with E-state index in [0.717, 1.165) is 38.5 Å². The molecule has 0 aromatic heterocycles. The van der Waals surface area contributed by atoms with E-state index in [1.807, 2.05) is 0 Å². The lowest BCUT2D eigenvalue weighted by atomic mass is 9.85. The Morgan fingerprint density at radius 1 is 0.419 bits per heavy atom.